The number of fused-ring (bicyclic) bond motifs is 1. The quantitative estimate of drug-likeness (QED) is 0.611. The van der Waals surface area contributed by atoms with Crippen molar-refractivity contribution in [1.82, 2.24) is 19.3 Å². The summed E-state index contributed by atoms with van der Waals surface area (Å²) < 4.78 is 25.9. The van der Waals surface area contributed by atoms with Gasteiger partial charge in [-0.1, -0.05) is 18.6 Å². The summed E-state index contributed by atoms with van der Waals surface area (Å²) in [5, 5.41) is 0. The minimum Gasteiger partial charge on any atom is -0.387 e. The zero-order valence-corrected chi connectivity index (χ0v) is 18.7. The van der Waals surface area contributed by atoms with Crippen molar-refractivity contribution in [2.24, 2.45) is 10.7 Å². The number of aliphatic imine (C=N–C) groups is 1. The third-order valence-corrected chi connectivity index (χ3v) is 7.50. The van der Waals surface area contributed by atoms with E-state index < -0.39 is 10.0 Å². The highest BCUT2D eigenvalue weighted by molar-refractivity contribution is 7.89. The summed E-state index contributed by atoms with van der Waals surface area (Å²) >= 11 is 0. The number of amidine groups is 1. The Balaban J connectivity index is 1.57. The lowest BCUT2D eigenvalue weighted by Crippen LogP contribution is -2.22. The molecule has 0 saturated heterocycles. The van der Waals surface area contributed by atoms with E-state index in [1.54, 1.807) is 18.3 Å². The monoisotopic (exact) mass is 440 g/mol. The second-order valence-electron chi connectivity index (χ2n) is 8.11. The Bertz CT molecular complexity index is 1200. The van der Waals surface area contributed by atoms with Crippen molar-refractivity contribution in [1.29, 1.82) is 0 Å². The maximum atomic E-state index is 12.3. The number of pyridine rings is 1. The van der Waals surface area contributed by atoms with E-state index in [2.05, 4.69) is 19.9 Å². The van der Waals surface area contributed by atoms with Gasteiger partial charge in [-0.25, -0.2) is 22.7 Å². The molecule has 0 fully saturated rings. The molecule has 0 radical (unpaired) electrons. The molecule has 3 N–H and O–H groups in total. The highest BCUT2D eigenvalue weighted by atomic mass is 32.2. The molecule has 9 heteroatoms. The van der Waals surface area contributed by atoms with Gasteiger partial charge in [0.2, 0.25) is 10.0 Å². The lowest BCUT2D eigenvalue weighted by molar-refractivity contribution is 0.521. The van der Waals surface area contributed by atoms with Crippen molar-refractivity contribution in [2.45, 2.75) is 49.5 Å². The number of aryl methyl sites for hydroxylation is 1. The third-order valence-electron chi connectivity index (χ3n) is 5.67. The SMILES string of the molecule is CN(C)S(=O)(=O)c1ccc(-c2ccnc3nc(CCC4CCCCC(N)=N4)[nH]c23)cc1. The van der Waals surface area contributed by atoms with Gasteiger partial charge >= 0.3 is 0 Å². The van der Waals surface area contributed by atoms with E-state index in [1.165, 1.54) is 18.4 Å². The lowest BCUT2D eigenvalue weighted by Gasteiger charge is -2.11. The number of hydrogen-bond donors (Lipinski definition) is 2. The average Bonchev–Trinajstić information content (AvgIpc) is 3.06. The summed E-state index contributed by atoms with van der Waals surface area (Å²) in [6.07, 6.45) is 7.61. The minimum absolute atomic E-state index is 0.245. The van der Waals surface area contributed by atoms with Crippen LogP contribution in [-0.4, -0.2) is 53.6 Å². The number of nitrogens with zero attached hydrogens (tertiary/aromatic N) is 4. The van der Waals surface area contributed by atoms with Crippen LogP contribution in [0.15, 0.2) is 46.4 Å². The first-order chi connectivity index (χ1) is 14.8. The third kappa shape index (κ3) is 4.62. The van der Waals surface area contributed by atoms with Crippen LogP contribution in [0.5, 0.6) is 0 Å². The molecule has 1 aliphatic heterocycles. The van der Waals surface area contributed by atoms with E-state index >= 15 is 0 Å². The fourth-order valence-electron chi connectivity index (χ4n) is 3.90. The fraction of sp³-hybridized carbons (Fsp3) is 0.409. The van der Waals surface area contributed by atoms with E-state index in [1.807, 2.05) is 18.2 Å². The van der Waals surface area contributed by atoms with Crippen LogP contribution in [0.25, 0.3) is 22.3 Å². The van der Waals surface area contributed by atoms with E-state index in [0.29, 0.717) is 5.65 Å². The second-order valence-corrected chi connectivity index (χ2v) is 10.3. The number of aromatic amines is 1. The molecule has 2 aromatic heterocycles. The molecule has 0 saturated carbocycles. The molecule has 0 aliphatic carbocycles. The molecule has 0 spiro atoms. The molecule has 31 heavy (non-hydrogen) atoms. The highest BCUT2D eigenvalue weighted by Crippen LogP contribution is 2.28. The Labute approximate surface area is 182 Å². The zero-order valence-electron chi connectivity index (χ0n) is 17.9. The first-order valence-electron chi connectivity index (χ1n) is 10.5. The van der Waals surface area contributed by atoms with Crippen LogP contribution in [0, 0.1) is 0 Å². The Morgan fingerprint density at radius 3 is 2.68 bits per heavy atom. The molecule has 0 bridgehead atoms. The van der Waals surface area contributed by atoms with Crippen LogP contribution in [0.2, 0.25) is 0 Å². The number of sulfonamides is 1. The van der Waals surface area contributed by atoms with E-state index in [9.17, 15) is 8.42 Å². The summed E-state index contributed by atoms with van der Waals surface area (Å²) in [7, 11) is -0.409. The number of aromatic nitrogens is 3. The maximum Gasteiger partial charge on any atom is 0.242 e. The molecule has 0 amide bonds. The van der Waals surface area contributed by atoms with Crippen molar-refractivity contribution in [3.63, 3.8) is 0 Å². The molecule has 4 rings (SSSR count). The summed E-state index contributed by atoms with van der Waals surface area (Å²) in [5.41, 5.74) is 9.32. The van der Waals surface area contributed by atoms with Gasteiger partial charge in [0.15, 0.2) is 5.65 Å². The highest BCUT2D eigenvalue weighted by Gasteiger charge is 2.18. The standard InChI is InChI=1S/C22H28N6O2S/c1-28(2)31(29,30)17-10-7-15(8-11-17)18-13-14-24-22-21(18)26-20(27-22)12-9-16-5-3-4-6-19(23)25-16/h7-8,10-11,13-14,16H,3-6,9,12H2,1-2H3,(H2,23,25)(H,24,26,27). The van der Waals surface area contributed by atoms with Gasteiger partial charge in [-0.15, -0.1) is 0 Å². The van der Waals surface area contributed by atoms with Gasteiger partial charge in [-0.05, 0) is 43.0 Å². The fourth-order valence-corrected chi connectivity index (χ4v) is 4.80. The molecular formula is C22H28N6O2S. The minimum atomic E-state index is -3.46. The molecule has 1 aromatic carbocycles. The molecular weight excluding hydrogens is 412 g/mol. The molecule has 1 aliphatic rings. The average molecular weight is 441 g/mol. The van der Waals surface area contributed by atoms with Gasteiger partial charge in [-0.2, -0.15) is 0 Å². The normalized spacial score (nSPS) is 17.6. The summed E-state index contributed by atoms with van der Waals surface area (Å²) in [4.78, 5) is 17.4. The largest absolute Gasteiger partial charge is 0.387 e. The van der Waals surface area contributed by atoms with Gasteiger partial charge in [0.1, 0.15) is 5.82 Å². The van der Waals surface area contributed by atoms with E-state index in [-0.39, 0.29) is 10.9 Å². The number of nitrogens with one attached hydrogen (secondary N) is 1. The number of benzene rings is 1. The van der Waals surface area contributed by atoms with Crippen molar-refractivity contribution in [2.75, 3.05) is 14.1 Å². The van der Waals surface area contributed by atoms with Gasteiger partial charge in [0.25, 0.3) is 0 Å². The molecule has 1 unspecified atom stereocenters. The van der Waals surface area contributed by atoms with E-state index in [0.717, 1.165) is 66.8 Å². The van der Waals surface area contributed by atoms with Gasteiger partial charge in [-0.3, -0.25) is 4.99 Å². The van der Waals surface area contributed by atoms with Crippen molar-refractivity contribution in [3.8, 4) is 11.1 Å². The predicted octanol–water partition coefficient (Wildman–Crippen LogP) is 3.11. The summed E-state index contributed by atoms with van der Waals surface area (Å²) in [6, 6.07) is 9.04. The molecule has 8 nitrogen and oxygen atoms in total. The molecule has 3 aromatic rings. The smallest absolute Gasteiger partial charge is 0.242 e. The van der Waals surface area contributed by atoms with Crippen LogP contribution < -0.4 is 5.73 Å². The van der Waals surface area contributed by atoms with Crippen LogP contribution in [-0.2, 0) is 16.4 Å². The summed E-state index contributed by atoms with van der Waals surface area (Å²) in [6.45, 7) is 0. The number of imidazole rings is 1. The van der Waals surface area contributed by atoms with Crippen LogP contribution in [0.3, 0.4) is 0 Å². The van der Waals surface area contributed by atoms with Gasteiger partial charge in [0, 0.05) is 38.7 Å². The first kappa shape index (κ1) is 21.5. The first-order valence-corrected chi connectivity index (χ1v) is 12.0. The second kappa shape index (κ2) is 8.76. The van der Waals surface area contributed by atoms with Crippen LogP contribution in [0.4, 0.5) is 0 Å². The van der Waals surface area contributed by atoms with Gasteiger partial charge < -0.3 is 10.7 Å². The molecule has 1 atom stereocenters. The van der Waals surface area contributed by atoms with Gasteiger partial charge in [0.05, 0.1) is 22.3 Å². The number of rotatable bonds is 6. The summed E-state index contributed by atoms with van der Waals surface area (Å²) in [5.74, 6) is 1.63. The maximum absolute atomic E-state index is 12.3. The zero-order chi connectivity index (χ0) is 22.0. The Morgan fingerprint density at radius 1 is 1.16 bits per heavy atom. The lowest BCUT2D eigenvalue weighted by atomic mass is 10.1. The predicted molar refractivity (Wildman–Crippen MR) is 122 cm³/mol. The Hall–Kier alpha value is -2.78. The van der Waals surface area contributed by atoms with E-state index in [4.69, 9.17) is 5.73 Å². The number of H-pyrrole nitrogens is 1. The molecule has 164 valence electrons. The number of hydrogen-bond acceptors (Lipinski definition) is 6. The van der Waals surface area contributed by atoms with Crippen molar-refractivity contribution >= 4 is 27.0 Å². The Morgan fingerprint density at radius 2 is 1.94 bits per heavy atom. The van der Waals surface area contributed by atoms with Crippen molar-refractivity contribution < 1.29 is 8.42 Å². The topological polar surface area (TPSA) is 117 Å². The molecule has 3 heterocycles. The van der Waals surface area contributed by atoms with Crippen LogP contribution >= 0.6 is 0 Å². The van der Waals surface area contributed by atoms with Crippen molar-refractivity contribution in [3.05, 3.63) is 42.4 Å². The van der Waals surface area contributed by atoms with Crippen LogP contribution in [0.1, 0.15) is 37.9 Å². The Kier molecular flexibility index (Phi) is 6.06. The number of nitrogens with two attached hydrogens (primary N) is 1.